The van der Waals surface area contributed by atoms with Crippen LogP contribution >= 0.6 is 0 Å². The fourth-order valence-corrected chi connectivity index (χ4v) is 3.58. The molecule has 0 aliphatic carbocycles. The first-order chi connectivity index (χ1) is 11.0. The van der Waals surface area contributed by atoms with Gasteiger partial charge in [-0.1, -0.05) is 6.92 Å². The van der Waals surface area contributed by atoms with E-state index in [-0.39, 0.29) is 5.91 Å². The molecule has 3 rings (SSSR count). The number of hydrogen-bond acceptors (Lipinski definition) is 5. The van der Waals surface area contributed by atoms with Crippen molar-refractivity contribution in [2.24, 2.45) is 0 Å². The van der Waals surface area contributed by atoms with Gasteiger partial charge in [0.1, 0.15) is 11.6 Å². The van der Waals surface area contributed by atoms with Crippen molar-refractivity contribution in [1.29, 1.82) is 0 Å². The van der Waals surface area contributed by atoms with E-state index in [9.17, 15) is 9.90 Å². The summed E-state index contributed by atoms with van der Waals surface area (Å²) < 4.78 is 0. The number of piperidine rings is 1. The minimum atomic E-state index is -1.28. The lowest BCUT2D eigenvalue weighted by Crippen LogP contribution is -2.58. The average molecular weight is 318 g/mol. The van der Waals surface area contributed by atoms with Gasteiger partial charge in [-0.15, -0.1) is 0 Å². The van der Waals surface area contributed by atoms with Crippen molar-refractivity contribution >= 4 is 11.7 Å². The van der Waals surface area contributed by atoms with E-state index in [0.717, 1.165) is 62.7 Å². The summed E-state index contributed by atoms with van der Waals surface area (Å²) in [5, 5.41) is 11.0. The lowest BCUT2D eigenvalue weighted by atomic mass is 9.91. The Balaban J connectivity index is 1.79. The van der Waals surface area contributed by atoms with Crippen LogP contribution in [0.5, 0.6) is 0 Å². The van der Waals surface area contributed by atoms with Crippen molar-refractivity contribution in [3.8, 4) is 0 Å². The van der Waals surface area contributed by atoms with Gasteiger partial charge >= 0.3 is 0 Å². The standard InChI is InChI=1S/C17H26N4O2/c1-3-14-11-15(19-13(2)18-14)21-10-6-7-17(23,12-21)16(22)20-8-4-5-9-20/h11,23H,3-10,12H2,1-2H3/t17-/m0/s1. The zero-order valence-electron chi connectivity index (χ0n) is 14.1. The van der Waals surface area contributed by atoms with E-state index in [2.05, 4.69) is 16.9 Å². The average Bonchev–Trinajstić information content (AvgIpc) is 3.08. The molecular weight excluding hydrogens is 292 g/mol. The summed E-state index contributed by atoms with van der Waals surface area (Å²) in [4.78, 5) is 25.5. The van der Waals surface area contributed by atoms with Crippen molar-refractivity contribution in [1.82, 2.24) is 14.9 Å². The van der Waals surface area contributed by atoms with Crippen LogP contribution in [0.2, 0.25) is 0 Å². The molecular formula is C17H26N4O2. The van der Waals surface area contributed by atoms with Crippen LogP contribution in [0.15, 0.2) is 6.07 Å². The highest BCUT2D eigenvalue weighted by molar-refractivity contribution is 5.86. The maximum atomic E-state index is 12.7. The quantitative estimate of drug-likeness (QED) is 0.910. The summed E-state index contributed by atoms with van der Waals surface area (Å²) >= 11 is 0. The van der Waals surface area contributed by atoms with Gasteiger partial charge in [-0.3, -0.25) is 4.79 Å². The number of nitrogens with zero attached hydrogens (tertiary/aromatic N) is 4. The topological polar surface area (TPSA) is 69.6 Å². The van der Waals surface area contributed by atoms with Crippen LogP contribution in [-0.4, -0.2) is 57.7 Å². The van der Waals surface area contributed by atoms with Gasteiger partial charge in [0.05, 0.1) is 6.54 Å². The molecule has 2 aliphatic rings. The SMILES string of the molecule is CCc1cc(N2CCC[C@@](O)(C(=O)N3CCCC3)C2)nc(C)n1. The molecule has 2 aliphatic heterocycles. The summed E-state index contributed by atoms with van der Waals surface area (Å²) in [6, 6.07) is 1.97. The molecule has 1 N–H and O–H groups in total. The van der Waals surface area contributed by atoms with Crippen LogP contribution in [0.4, 0.5) is 5.82 Å². The number of hydrogen-bond donors (Lipinski definition) is 1. The lowest BCUT2D eigenvalue weighted by Gasteiger charge is -2.40. The molecule has 1 aromatic rings. The Labute approximate surface area is 137 Å². The number of carbonyl (C=O) groups is 1. The lowest BCUT2D eigenvalue weighted by molar-refractivity contribution is -0.151. The van der Waals surface area contributed by atoms with E-state index >= 15 is 0 Å². The maximum absolute atomic E-state index is 12.7. The first-order valence-corrected chi connectivity index (χ1v) is 8.63. The highest BCUT2D eigenvalue weighted by Crippen LogP contribution is 2.28. The van der Waals surface area contributed by atoms with Crippen LogP contribution in [0.1, 0.15) is 44.1 Å². The van der Waals surface area contributed by atoms with Crippen molar-refractivity contribution in [2.75, 3.05) is 31.1 Å². The Morgan fingerprint density at radius 2 is 2.00 bits per heavy atom. The maximum Gasteiger partial charge on any atom is 0.256 e. The fraction of sp³-hybridized carbons (Fsp3) is 0.706. The van der Waals surface area contributed by atoms with Crippen molar-refractivity contribution in [3.05, 3.63) is 17.6 Å². The molecule has 6 heteroatoms. The number of aromatic nitrogens is 2. The van der Waals surface area contributed by atoms with Gasteiger partial charge in [-0.05, 0) is 39.0 Å². The second-order valence-corrected chi connectivity index (χ2v) is 6.67. The number of rotatable bonds is 3. The predicted octanol–water partition coefficient (Wildman–Crippen LogP) is 1.30. The summed E-state index contributed by atoms with van der Waals surface area (Å²) in [5.74, 6) is 1.45. The molecule has 1 aromatic heterocycles. The fourth-order valence-electron chi connectivity index (χ4n) is 3.58. The molecule has 6 nitrogen and oxygen atoms in total. The van der Waals surface area contributed by atoms with Crippen molar-refractivity contribution < 1.29 is 9.90 Å². The highest BCUT2D eigenvalue weighted by Gasteiger charge is 2.43. The second kappa shape index (κ2) is 6.43. The number of aliphatic hydroxyl groups is 1. The number of aryl methyl sites for hydroxylation is 2. The van der Waals surface area contributed by atoms with Gasteiger partial charge in [0.2, 0.25) is 0 Å². The summed E-state index contributed by atoms with van der Waals surface area (Å²) in [6.07, 6.45) is 4.25. The third kappa shape index (κ3) is 3.32. The minimum Gasteiger partial charge on any atom is -0.378 e. The van der Waals surface area contributed by atoms with Crippen LogP contribution in [0.25, 0.3) is 0 Å². The van der Waals surface area contributed by atoms with E-state index in [4.69, 9.17) is 0 Å². The molecule has 1 amide bonds. The van der Waals surface area contributed by atoms with Gasteiger partial charge in [-0.25, -0.2) is 9.97 Å². The Morgan fingerprint density at radius 1 is 1.26 bits per heavy atom. The molecule has 3 heterocycles. The number of amides is 1. The Morgan fingerprint density at radius 3 is 2.70 bits per heavy atom. The van der Waals surface area contributed by atoms with Crippen LogP contribution < -0.4 is 4.90 Å². The molecule has 2 fully saturated rings. The van der Waals surface area contributed by atoms with Crippen molar-refractivity contribution in [3.63, 3.8) is 0 Å². The number of carbonyl (C=O) groups excluding carboxylic acids is 1. The van der Waals surface area contributed by atoms with Gasteiger partial charge in [0.25, 0.3) is 5.91 Å². The van der Waals surface area contributed by atoms with E-state index in [1.165, 1.54) is 0 Å². The third-order valence-electron chi connectivity index (χ3n) is 4.83. The zero-order chi connectivity index (χ0) is 16.4. The summed E-state index contributed by atoms with van der Waals surface area (Å²) in [6.45, 7) is 6.63. The number of β-amino-alcohol motifs (C(OH)–C–C–N with tert-alkyl or cyclic N) is 1. The molecule has 23 heavy (non-hydrogen) atoms. The summed E-state index contributed by atoms with van der Waals surface area (Å²) in [7, 11) is 0. The van der Waals surface area contributed by atoms with Gasteiger partial charge in [-0.2, -0.15) is 0 Å². The molecule has 0 radical (unpaired) electrons. The molecule has 126 valence electrons. The molecule has 0 saturated carbocycles. The number of anilines is 1. The first kappa shape index (κ1) is 16.2. The van der Waals surface area contributed by atoms with Gasteiger partial charge < -0.3 is 14.9 Å². The monoisotopic (exact) mass is 318 g/mol. The van der Waals surface area contributed by atoms with Crippen molar-refractivity contribution in [2.45, 2.75) is 51.6 Å². The predicted molar refractivity (Wildman–Crippen MR) is 88.4 cm³/mol. The molecule has 0 unspecified atom stereocenters. The first-order valence-electron chi connectivity index (χ1n) is 8.63. The Bertz CT molecular complexity index is 586. The van der Waals surface area contributed by atoms with E-state index in [0.29, 0.717) is 13.0 Å². The van der Waals surface area contributed by atoms with Crippen LogP contribution in [0.3, 0.4) is 0 Å². The zero-order valence-corrected chi connectivity index (χ0v) is 14.1. The van der Waals surface area contributed by atoms with E-state index in [1.807, 2.05) is 22.8 Å². The highest BCUT2D eigenvalue weighted by atomic mass is 16.3. The normalized spacial score (nSPS) is 25.0. The Kier molecular flexibility index (Phi) is 4.53. The van der Waals surface area contributed by atoms with Crippen LogP contribution in [0, 0.1) is 6.92 Å². The molecule has 1 atom stereocenters. The van der Waals surface area contributed by atoms with E-state index in [1.54, 1.807) is 0 Å². The van der Waals surface area contributed by atoms with Gasteiger partial charge in [0.15, 0.2) is 5.60 Å². The largest absolute Gasteiger partial charge is 0.378 e. The summed E-state index contributed by atoms with van der Waals surface area (Å²) in [5.41, 5.74) is -0.291. The van der Waals surface area contributed by atoms with E-state index < -0.39 is 5.60 Å². The Hall–Kier alpha value is -1.69. The molecule has 0 bridgehead atoms. The molecule has 2 saturated heterocycles. The minimum absolute atomic E-state index is 0.110. The van der Waals surface area contributed by atoms with Crippen LogP contribution in [-0.2, 0) is 11.2 Å². The molecule has 0 aromatic carbocycles. The second-order valence-electron chi connectivity index (χ2n) is 6.67. The molecule has 0 spiro atoms. The van der Waals surface area contributed by atoms with Gasteiger partial charge in [0, 0.05) is 31.4 Å². The third-order valence-corrected chi connectivity index (χ3v) is 4.83. The smallest absolute Gasteiger partial charge is 0.256 e. The number of likely N-dealkylation sites (tertiary alicyclic amines) is 1.